The Morgan fingerprint density at radius 1 is 1.25 bits per heavy atom. The predicted molar refractivity (Wildman–Crippen MR) is 49.8 cm³/mol. The van der Waals surface area contributed by atoms with Crippen LogP contribution in [0.4, 0.5) is 0 Å². The lowest BCUT2D eigenvalue weighted by Gasteiger charge is -2.11. The van der Waals surface area contributed by atoms with E-state index in [0.29, 0.717) is 6.42 Å². The summed E-state index contributed by atoms with van der Waals surface area (Å²) in [5, 5.41) is 6.44. The van der Waals surface area contributed by atoms with Gasteiger partial charge in [0, 0.05) is 32.6 Å². The summed E-state index contributed by atoms with van der Waals surface area (Å²) in [6.45, 7) is 6.48. The highest BCUT2D eigenvalue weighted by atomic mass is 16.1. The van der Waals surface area contributed by atoms with Gasteiger partial charge in [0.15, 0.2) is 0 Å². The maximum absolute atomic E-state index is 9.82. The monoisotopic (exact) mass is 173 g/mol. The maximum Gasteiger partial charge on any atom is 0.217 e. The number of piperazine rings is 1. The number of nitrogens with two attached hydrogens (primary N) is 1. The minimum Gasteiger partial charge on any atom is -0.370 e. The van der Waals surface area contributed by atoms with E-state index >= 15 is 0 Å². The van der Waals surface area contributed by atoms with Crippen LogP contribution in [0.25, 0.3) is 0 Å². The van der Waals surface area contributed by atoms with Crippen molar-refractivity contribution >= 4 is 5.91 Å². The first-order valence-corrected chi connectivity index (χ1v) is 4.47. The van der Waals surface area contributed by atoms with Gasteiger partial charge in [-0.15, -0.1) is 0 Å². The van der Waals surface area contributed by atoms with Gasteiger partial charge in [0.1, 0.15) is 0 Å². The molecule has 1 rings (SSSR count). The zero-order chi connectivity index (χ0) is 9.23. The van der Waals surface area contributed by atoms with Crippen molar-refractivity contribution in [3.05, 3.63) is 0 Å². The van der Waals surface area contributed by atoms with E-state index in [2.05, 4.69) is 10.6 Å². The Labute approximate surface area is 73.9 Å². The van der Waals surface area contributed by atoms with Crippen LogP contribution in [0.15, 0.2) is 0 Å². The third kappa shape index (κ3) is 9.39. The van der Waals surface area contributed by atoms with E-state index < -0.39 is 0 Å². The van der Waals surface area contributed by atoms with Crippen molar-refractivity contribution in [2.75, 3.05) is 26.2 Å². The van der Waals surface area contributed by atoms with Crippen molar-refractivity contribution < 1.29 is 4.79 Å². The standard InChI is InChI=1S/C4H10N2.C4H9NO/c1-2-6-4-3-5-1;1-2-3-4(5)6/h5-6H,1-4H2;2-3H2,1H3,(H2,5,6). The molecule has 0 aromatic carbocycles. The summed E-state index contributed by atoms with van der Waals surface area (Å²) in [4.78, 5) is 9.82. The summed E-state index contributed by atoms with van der Waals surface area (Å²) in [6, 6.07) is 0. The van der Waals surface area contributed by atoms with Crippen LogP contribution in [0.2, 0.25) is 0 Å². The second-order valence-corrected chi connectivity index (χ2v) is 2.72. The highest BCUT2D eigenvalue weighted by Gasteiger charge is 1.91. The van der Waals surface area contributed by atoms with Crippen molar-refractivity contribution in [2.24, 2.45) is 5.73 Å². The molecule has 1 amide bonds. The topological polar surface area (TPSA) is 67.2 Å². The number of rotatable bonds is 2. The first-order valence-electron chi connectivity index (χ1n) is 4.47. The number of nitrogens with one attached hydrogen (secondary N) is 2. The van der Waals surface area contributed by atoms with Crippen molar-refractivity contribution in [2.45, 2.75) is 19.8 Å². The van der Waals surface area contributed by atoms with E-state index in [4.69, 9.17) is 5.73 Å². The van der Waals surface area contributed by atoms with Gasteiger partial charge in [-0.05, 0) is 6.42 Å². The van der Waals surface area contributed by atoms with E-state index in [1.165, 1.54) is 0 Å². The fraction of sp³-hybridized carbons (Fsp3) is 0.875. The molecule has 1 aliphatic rings. The number of carbonyl (C=O) groups is 1. The smallest absolute Gasteiger partial charge is 0.217 e. The first kappa shape index (κ1) is 11.4. The zero-order valence-corrected chi connectivity index (χ0v) is 7.73. The molecule has 0 bridgehead atoms. The van der Waals surface area contributed by atoms with Gasteiger partial charge < -0.3 is 16.4 Å². The second kappa shape index (κ2) is 8.49. The van der Waals surface area contributed by atoms with Gasteiger partial charge in [0.25, 0.3) is 0 Å². The SMILES string of the molecule is C1CNCCN1.CCCC(N)=O. The second-order valence-electron chi connectivity index (χ2n) is 2.72. The van der Waals surface area contributed by atoms with Gasteiger partial charge in [0.05, 0.1) is 0 Å². The molecular formula is C8H19N3O. The molecule has 1 heterocycles. The van der Waals surface area contributed by atoms with Crippen LogP contribution in [0.1, 0.15) is 19.8 Å². The average molecular weight is 173 g/mol. The lowest BCUT2D eigenvalue weighted by molar-refractivity contribution is -0.118. The van der Waals surface area contributed by atoms with E-state index in [0.717, 1.165) is 32.6 Å². The van der Waals surface area contributed by atoms with Gasteiger partial charge in [-0.1, -0.05) is 6.92 Å². The molecule has 0 aromatic rings. The summed E-state index contributed by atoms with van der Waals surface area (Å²) in [5.74, 6) is -0.211. The lowest BCUT2D eigenvalue weighted by atomic mass is 10.3. The van der Waals surface area contributed by atoms with Crippen LogP contribution < -0.4 is 16.4 Å². The van der Waals surface area contributed by atoms with Gasteiger partial charge >= 0.3 is 0 Å². The lowest BCUT2D eigenvalue weighted by Crippen LogP contribution is -2.39. The number of primary amides is 1. The third-order valence-electron chi connectivity index (χ3n) is 1.45. The number of hydrogen-bond acceptors (Lipinski definition) is 3. The highest BCUT2D eigenvalue weighted by molar-refractivity contribution is 5.73. The molecule has 4 nitrogen and oxygen atoms in total. The van der Waals surface area contributed by atoms with Crippen LogP contribution >= 0.6 is 0 Å². The fourth-order valence-electron chi connectivity index (χ4n) is 0.850. The van der Waals surface area contributed by atoms with E-state index in [9.17, 15) is 4.79 Å². The number of hydrogen-bond donors (Lipinski definition) is 3. The number of amides is 1. The van der Waals surface area contributed by atoms with Gasteiger partial charge in [-0.25, -0.2) is 0 Å². The Balaban J connectivity index is 0.000000202. The Morgan fingerprint density at radius 3 is 1.75 bits per heavy atom. The molecule has 12 heavy (non-hydrogen) atoms. The van der Waals surface area contributed by atoms with Gasteiger partial charge in [-0.3, -0.25) is 4.79 Å². The van der Waals surface area contributed by atoms with E-state index in [-0.39, 0.29) is 5.91 Å². The molecule has 0 unspecified atom stereocenters. The third-order valence-corrected chi connectivity index (χ3v) is 1.45. The van der Waals surface area contributed by atoms with E-state index in [1.54, 1.807) is 0 Å². The Kier molecular flexibility index (Phi) is 8.05. The summed E-state index contributed by atoms with van der Waals surface area (Å²) >= 11 is 0. The van der Waals surface area contributed by atoms with Crippen molar-refractivity contribution in [1.82, 2.24) is 10.6 Å². The molecule has 0 aliphatic carbocycles. The molecule has 1 aliphatic heterocycles. The van der Waals surface area contributed by atoms with Crippen LogP contribution in [-0.4, -0.2) is 32.1 Å². The average Bonchev–Trinajstić information content (AvgIpc) is 2.08. The molecule has 4 N–H and O–H groups in total. The largest absolute Gasteiger partial charge is 0.370 e. The van der Waals surface area contributed by atoms with Crippen LogP contribution in [0, 0.1) is 0 Å². The van der Waals surface area contributed by atoms with Crippen LogP contribution in [0.5, 0.6) is 0 Å². The van der Waals surface area contributed by atoms with Gasteiger partial charge in [-0.2, -0.15) is 0 Å². The normalized spacial score (nSPS) is 16.1. The van der Waals surface area contributed by atoms with E-state index in [1.807, 2.05) is 6.92 Å². The summed E-state index contributed by atoms with van der Waals surface area (Å²) in [6.07, 6.45) is 1.37. The highest BCUT2D eigenvalue weighted by Crippen LogP contribution is 1.79. The molecule has 0 saturated carbocycles. The summed E-state index contributed by atoms with van der Waals surface area (Å²) in [7, 11) is 0. The Hall–Kier alpha value is -0.610. The van der Waals surface area contributed by atoms with Crippen molar-refractivity contribution in [3.63, 3.8) is 0 Å². The molecule has 0 radical (unpaired) electrons. The summed E-state index contributed by atoms with van der Waals surface area (Å²) < 4.78 is 0. The fourth-order valence-corrected chi connectivity index (χ4v) is 0.850. The van der Waals surface area contributed by atoms with Crippen molar-refractivity contribution in [1.29, 1.82) is 0 Å². The minimum absolute atomic E-state index is 0.211. The predicted octanol–water partition coefficient (Wildman–Crippen LogP) is -0.549. The van der Waals surface area contributed by atoms with Crippen LogP contribution in [0.3, 0.4) is 0 Å². The number of carbonyl (C=O) groups excluding carboxylic acids is 1. The Bertz CT molecular complexity index is 101. The molecule has 4 heteroatoms. The molecule has 0 spiro atoms. The Morgan fingerprint density at radius 2 is 1.67 bits per heavy atom. The van der Waals surface area contributed by atoms with Gasteiger partial charge in [0.2, 0.25) is 5.91 Å². The molecule has 0 atom stereocenters. The molecule has 72 valence electrons. The molecule has 0 aromatic heterocycles. The molecule has 1 saturated heterocycles. The zero-order valence-electron chi connectivity index (χ0n) is 7.73. The first-order chi connectivity index (χ1) is 5.77. The minimum atomic E-state index is -0.211. The molecule has 1 fully saturated rings. The molecular weight excluding hydrogens is 154 g/mol. The quantitative estimate of drug-likeness (QED) is 0.525. The van der Waals surface area contributed by atoms with Crippen LogP contribution in [-0.2, 0) is 4.79 Å². The summed E-state index contributed by atoms with van der Waals surface area (Å²) in [5.41, 5.74) is 4.76. The van der Waals surface area contributed by atoms with Crippen molar-refractivity contribution in [3.8, 4) is 0 Å². The maximum atomic E-state index is 9.82.